The maximum absolute atomic E-state index is 5.12. The molecule has 4 aliphatic carbocycles. The van der Waals surface area contributed by atoms with Gasteiger partial charge < -0.3 is 0 Å². The first-order valence-electron chi connectivity index (χ1n) is 20.8. The van der Waals surface area contributed by atoms with Crippen LogP contribution in [-0.2, 0) is 6.42 Å². The summed E-state index contributed by atoms with van der Waals surface area (Å²) in [5.74, 6) is 2.34. The number of hydrogen-bond acceptors (Lipinski definition) is 3. The van der Waals surface area contributed by atoms with E-state index in [0.717, 1.165) is 67.5 Å². The fraction of sp³-hybridized carbons (Fsp3) is 0.145. The lowest BCUT2D eigenvalue weighted by Crippen LogP contribution is -2.08. The Morgan fingerprint density at radius 2 is 1.16 bits per heavy atom. The first kappa shape index (κ1) is 35.7. The van der Waals surface area contributed by atoms with Gasteiger partial charge in [-0.05, 0) is 124 Å². The summed E-state index contributed by atoms with van der Waals surface area (Å²) in [6, 6.07) is 45.7. The van der Waals surface area contributed by atoms with Crippen molar-refractivity contribution in [2.45, 2.75) is 50.9 Å². The Balaban J connectivity index is 1.04. The van der Waals surface area contributed by atoms with Crippen LogP contribution in [0.2, 0.25) is 0 Å². The third-order valence-electron chi connectivity index (χ3n) is 12.0. The van der Waals surface area contributed by atoms with Crippen molar-refractivity contribution < 1.29 is 0 Å². The molecule has 4 aliphatic rings. The summed E-state index contributed by atoms with van der Waals surface area (Å²) in [5.41, 5.74) is 17.9. The second-order valence-corrected chi connectivity index (χ2v) is 15.7. The van der Waals surface area contributed by atoms with E-state index in [1.54, 1.807) is 0 Å². The molecule has 0 bridgehead atoms. The third-order valence-corrected chi connectivity index (χ3v) is 12.0. The molecule has 0 N–H and O–H groups in total. The average Bonchev–Trinajstić information content (AvgIpc) is 3.32. The Kier molecular flexibility index (Phi) is 9.87. The molecule has 3 nitrogen and oxygen atoms in total. The Morgan fingerprint density at radius 3 is 1.97 bits per heavy atom. The molecule has 1 unspecified atom stereocenters. The normalized spacial score (nSPS) is 17.4. The van der Waals surface area contributed by atoms with Crippen LogP contribution in [0.4, 0.5) is 0 Å². The van der Waals surface area contributed by atoms with E-state index >= 15 is 0 Å². The van der Waals surface area contributed by atoms with Crippen LogP contribution in [0, 0.1) is 0 Å². The molecule has 0 fully saturated rings. The molecule has 6 aromatic rings. The predicted molar refractivity (Wildman–Crippen MR) is 241 cm³/mol. The first-order valence-corrected chi connectivity index (χ1v) is 20.8. The smallest absolute Gasteiger partial charge is 0.164 e. The molecule has 0 aliphatic heterocycles. The summed E-state index contributed by atoms with van der Waals surface area (Å²) in [7, 11) is 0. The molecule has 1 atom stereocenters. The molecule has 0 spiro atoms. The van der Waals surface area contributed by atoms with E-state index in [2.05, 4.69) is 164 Å². The largest absolute Gasteiger partial charge is 0.209 e. The summed E-state index contributed by atoms with van der Waals surface area (Å²) in [6.45, 7) is 0. The van der Waals surface area contributed by atoms with E-state index in [0.29, 0.717) is 11.6 Å². The van der Waals surface area contributed by atoms with Crippen molar-refractivity contribution in [2.75, 3.05) is 0 Å². The Morgan fingerprint density at radius 1 is 0.466 bits per heavy atom. The number of allylic oxidation sites excluding steroid dienone is 13. The molecule has 0 saturated carbocycles. The Labute approximate surface area is 342 Å². The second kappa shape index (κ2) is 16.0. The quantitative estimate of drug-likeness (QED) is 0.156. The number of aryl methyl sites for hydroxylation is 1. The highest BCUT2D eigenvalue weighted by Crippen LogP contribution is 2.42. The van der Waals surface area contributed by atoms with E-state index in [1.807, 2.05) is 18.2 Å². The number of aromatic nitrogens is 3. The Bertz CT molecular complexity index is 2740. The minimum Gasteiger partial charge on any atom is -0.209 e. The third kappa shape index (κ3) is 7.44. The molecule has 1 heterocycles. The minimum atomic E-state index is 0.175. The van der Waals surface area contributed by atoms with Gasteiger partial charge in [-0.3, -0.25) is 0 Å². The lowest BCUT2D eigenvalue weighted by Gasteiger charge is -2.27. The lowest BCUT2D eigenvalue weighted by molar-refractivity contribution is 0.805. The van der Waals surface area contributed by atoms with Crippen LogP contribution in [0.15, 0.2) is 187 Å². The van der Waals surface area contributed by atoms with Gasteiger partial charge in [-0.1, -0.05) is 170 Å². The number of fused-ring (bicyclic) bond motifs is 1. The highest BCUT2D eigenvalue weighted by molar-refractivity contribution is 5.83. The van der Waals surface area contributed by atoms with Gasteiger partial charge in [0.25, 0.3) is 0 Å². The molecule has 0 amide bonds. The highest BCUT2D eigenvalue weighted by Gasteiger charge is 2.24. The molecule has 5 aromatic carbocycles. The van der Waals surface area contributed by atoms with Crippen LogP contribution in [-0.4, -0.2) is 15.0 Å². The molecule has 10 rings (SSSR count). The van der Waals surface area contributed by atoms with Gasteiger partial charge in [0.15, 0.2) is 17.5 Å². The van der Waals surface area contributed by atoms with Crippen molar-refractivity contribution in [3.8, 4) is 33.9 Å². The van der Waals surface area contributed by atoms with E-state index in [4.69, 9.17) is 15.0 Å². The predicted octanol–water partition coefficient (Wildman–Crippen LogP) is 13.9. The van der Waals surface area contributed by atoms with Crippen molar-refractivity contribution in [3.05, 3.63) is 221 Å². The molecule has 0 saturated heterocycles. The van der Waals surface area contributed by atoms with Gasteiger partial charge in [0, 0.05) is 17.0 Å². The maximum atomic E-state index is 5.12. The van der Waals surface area contributed by atoms with Gasteiger partial charge >= 0.3 is 0 Å². The van der Waals surface area contributed by atoms with Gasteiger partial charge in [-0.25, -0.2) is 15.0 Å². The number of benzene rings is 5. The van der Waals surface area contributed by atoms with Crippen molar-refractivity contribution in [3.63, 3.8) is 0 Å². The van der Waals surface area contributed by atoms with Crippen molar-refractivity contribution in [1.29, 1.82) is 0 Å². The SMILES string of the molecule is C1=CCCC(c2nc(-c3ccccc3)nc(-c3cccc(C4C=C(c5cccc(-c6ccccc6)c5)C=C(C5=CC=C(c6cccc7c6C=CCC7)CC5)C4)c3)n2)=C1. The number of rotatable bonds is 8. The monoisotopic (exact) mass is 747 g/mol. The van der Waals surface area contributed by atoms with E-state index in [9.17, 15) is 0 Å². The molecule has 0 radical (unpaired) electrons. The van der Waals surface area contributed by atoms with Crippen LogP contribution < -0.4 is 0 Å². The summed E-state index contributed by atoms with van der Waals surface area (Å²) in [6.07, 6.45) is 28.0. The second-order valence-electron chi connectivity index (χ2n) is 15.7. The molecular weight excluding hydrogens is 703 g/mol. The van der Waals surface area contributed by atoms with Gasteiger partial charge in [-0.15, -0.1) is 0 Å². The summed E-state index contributed by atoms with van der Waals surface area (Å²) >= 11 is 0. The highest BCUT2D eigenvalue weighted by atomic mass is 15.0. The minimum absolute atomic E-state index is 0.175. The Hall–Kier alpha value is -6.71. The van der Waals surface area contributed by atoms with Crippen molar-refractivity contribution in [2.24, 2.45) is 0 Å². The molecule has 1 aromatic heterocycles. The molecule has 58 heavy (non-hydrogen) atoms. The van der Waals surface area contributed by atoms with Gasteiger partial charge in [0.05, 0.1) is 0 Å². The van der Waals surface area contributed by atoms with Crippen LogP contribution in [0.3, 0.4) is 0 Å². The van der Waals surface area contributed by atoms with E-state index < -0.39 is 0 Å². The maximum Gasteiger partial charge on any atom is 0.164 e. The molecule has 280 valence electrons. The lowest BCUT2D eigenvalue weighted by atomic mass is 9.78. The standard InChI is InChI=1S/C55H45N3/c1-4-15-38(16-5-1)44-23-12-24-45(33-44)49-35-48(39-29-31-41(32-30-39)52-28-14-22-40-17-10-11-27-51(40)52)36-50(37-49)46-25-13-26-47(34-46)55-57-53(42-18-6-2-7-19-42)56-54(58-55)43-20-8-3-9-21-43/h1-8,11-16,18-20,22-29,31,33-35,37,50H,9-10,17,21,30,32,36H2. The van der Waals surface area contributed by atoms with Crippen LogP contribution >= 0.6 is 0 Å². The van der Waals surface area contributed by atoms with Gasteiger partial charge in [0.1, 0.15) is 0 Å². The zero-order chi connectivity index (χ0) is 38.7. The summed E-state index contributed by atoms with van der Waals surface area (Å²) < 4.78 is 0. The van der Waals surface area contributed by atoms with Crippen LogP contribution in [0.5, 0.6) is 0 Å². The summed E-state index contributed by atoms with van der Waals surface area (Å²) in [4.78, 5) is 15.2. The number of hydrogen-bond donors (Lipinski definition) is 0. The number of nitrogens with zero attached hydrogens (tertiary/aromatic N) is 3. The zero-order valence-corrected chi connectivity index (χ0v) is 32.7. The topological polar surface area (TPSA) is 38.7 Å². The van der Waals surface area contributed by atoms with E-state index in [-0.39, 0.29) is 5.92 Å². The fourth-order valence-corrected chi connectivity index (χ4v) is 8.87. The van der Waals surface area contributed by atoms with E-state index in [1.165, 1.54) is 61.2 Å². The van der Waals surface area contributed by atoms with Gasteiger partial charge in [0.2, 0.25) is 0 Å². The van der Waals surface area contributed by atoms with Crippen molar-refractivity contribution in [1.82, 2.24) is 15.0 Å². The zero-order valence-electron chi connectivity index (χ0n) is 32.7. The average molecular weight is 748 g/mol. The first-order chi connectivity index (χ1) is 28.7. The van der Waals surface area contributed by atoms with Gasteiger partial charge in [-0.2, -0.15) is 0 Å². The summed E-state index contributed by atoms with van der Waals surface area (Å²) in [5, 5.41) is 0. The fourth-order valence-electron chi connectivity index (χ4n) is 8.87. The van der Waals surface area contributed by atoms with Crippen LogP contribution in [0.1, 0.15) is 78.1 Å². The van der Waals surface area contributed by atoms with Crippen LogP contribution in [0.25, 0.3) is 56.7 Å². The molecule has 3 heteroatoms. The van der Waals surface area contributed by atoms with Crippen molar-refractivity contribution >= 4 is 22.8 Å². The molecular formula is C55H45N3.